The first-order valence-electron chi connectivity index (χ1n) is 13.9. The van der Waals surface area contributed by atoms with Crippen LogP contribution >= 0.6 is 0 Å². The quantitative estimate of drug-likeness (QED) is 0.262. The van der Waals surface area contributed by atoms with Crippen molar-refractivity contribution in [1.29, 1.82) is 0 Å². The first kappa shape index (κ1) is 43.0. The molecule has 1 radical (unpaired) electrons. The monoisotopic (exact) mass is 569 g/mol. The molecule has 0 fully saturated rings. The molecule has 0 saturated heterocycles. The molecule has 0 aliphatic rings. The molecule has 0 bridgehead atoms. The van der Waals surface area contributed by atoms with Crippen LogP contribution in [-0.4, -0.2) is 17.9 Å². The Morgan fingerprint density at radius 1 is 0.514 bits per heavy atom. The van der Waals surface area contributed by atoms with E-state index in [1.165, 1.54) is 0 Å². The van der Waals surface area contributed by atoms with Crippen LogP contribution in [0.25, 0.3) is 0 Å². The van der Waals surface area contributed by atoms with Gasteiger partial charge in [-0.2, -0.15) is 0 Å². The van der Waals surface area contributed by atoms with Crippen molar-refractivity contribution in [3.63, 3.8) is 0 Å². The molecule has 0 aliphatic heterocycles. The van der Waals surface area contributed by atoms with E-state index in [0.29, 0.717) is 37.0 Å². The van der Waals surface area contributed by atoms with E-state index in [1.807, 2.05) is 20.8 Å². The second-order valence-corrected chi connectivity index (χ2v) is 12.4. The first-order valence-corrected chi connectivity index (χ1v) is 13.9. The predicted octanol–water partition coefficient (Wildman–Crippen LogP) is 4.76. The number of carbonyl (C=O) groups excluding carboxylic acids is 3. The third kappa shape index (κ3) is 19.6. The van der Waals surface area contributed by atoms with Gasteiger partial charge < -0.3 is 29.7 Å². The number of hydrogen-bond acceptors (Lipinski definition) is 6. The van der Waals surface area contributed by atoms with E-state index in [0.717, 1.165) is 38.5 Å². The molecule has 0 amide bonds. The van der Waals surface area contributed by atoms with E-state index in [2.05, 4.69) is 41.5 Å². The van der Waals surface area contributed by atoms with Crippen LogP contribution in [0.1, 0.15) is 141 Å². The van der Waals surface area contributed by atoms with E-state index >= 15 is 0 Å². The fourth-order valence-corrected chi connectivity index (χ4v) is 3.09. The maximum absolute atomic E-state index is 10.8. The average molecular weight is 570 g/mol. The van der Waals surface area contributed by atoms with Gasteiger partial charge in [0, 0.05) is 34.2 Å². The fourth-order valence-electron chi connectivity index (χ4n) is 3.09. The van der Waals surface area contributed by atoms with Crippen molar-refractivity contribution in [3.05, 3.63) is 0 Å². The number of aliphatic carboxylic acids is 3. The van der Waals surface area contributed by atoms with Gasteiger partial charge in [0.05, 0.1) is 0 Å². The van der Waals surface area contributed by atoms with Crippen LogP contribution in [0.2, 0.25) is 0 Å². The third-order valence-electron chi connectivity index (χ3n) is 7.64. The molecule has 6 nitrogen and oxygen atoms in total. The Morgan fingerprint density at radius 3 is 0.757 bits per heavy atom. The predicted molar refractivity (Wildman–Crippen MR) is 142 cm³/mol. The molecular formula is C30H57FeO6. The summed E-state index contributed by atoms with van der Waals surface area (Å²) in [7, 11) is 0. The minimum absolute atomic E-state index is 0. The van der Waals surface area contributed by atoms with Crippen LogP contribution in [0.15, 0.2) is 0 Å². The Morgan fingerprint density at radius 2 is 0.676 bits per heavy atom. The molecular weight excluding hydrogens is 512 g/mol. The minimum Gasteiger partial charge on any atom is -0.550 e. The van der Waals surface area contributed by atoms with Crippen LogP contribution in [0.4, 0.5) is 0 Å². The van der Waals surface area contributed by atoms with E-state index in [1.54, 1.807) is 20.8 Å². The molecule has 37 heavy (non-hydrogen) atoms. The van der Waals surface area contributed by atoms with Crippen LogP contribution < -0.4 is 15.3 Å². The molecule has 0 spiro atoms. The summed E-state index contributed by atoms with van der Waals surface area (Å²) in [5.41, 5.74) is -1.86. The van der Waals surface area contributed by atoms with E-state index < -0.39 is 34.2 Å². The van der Waals surface area contributed by atoms with Gasteiger partial charge in [-0.3, -0.25) is 0 Å². The molecule has 0 aromatic heterocycles. The zero-order valence-corrected chi connectivity index (χ0v) is 27.0. The summed E-state index contributed by atoms with van der Waals surface area (Å²) in [4.78, 5) is 32.3. The Hall–Kier alpha value is -1.07. The van der Waals surface area contributed by atoms with Gasteiger partial charge in [-0.1, -0.05) is 102 Å². The average Bonchev–Trinajstić information content (AvgIpc) is 2.79. The summed E-state index contributed by atoms with van der Waals surface area (Å²) in [5, 5.41) is 32.3. The number of carbonyl (C=O) groups is 3. The first-order chi connectivity index (χ1) is 16.3. The molecule has 0 saturated carbocycles. The molecule has 7 heteroatoms. The standard InChI is InChI=1S/3C10H20O2.Fe/c3*1-5-10(4,9(11)12)7-6-8(2)3;/h3*8H,5-7H2,1-4H3,(H,11,12);/q;;;+3/p-3. The van der Waals surface area contributed by atoms with Crippen molar-refractivity contribution in [2.45, 2.75) is 141 Å². The molecule has 0 rings (SSSR count). The summed E-state index contributed by atoms with van der Waals surface area (Å²) >= 11 is 0. The van der Waals surface area contributed by atoms with Gasteiger partial charge in [0.25, 0.3) is 0 Å². The van der Waals surface area contributed by atoms with E-state index in [9.17, 15) is 29.7 Å². The second kappa shape index (κ2) is 20.8. The van der Waals surface area contributed by atoms with E-state index in [-0.39, 0.29) is 17.1 Å². The van der Waals surface area contributed by atoms with Gasteiger partial charge in [0.15, 0.2) is 0 Å². The molecule has 3 unspecified atom stereocenters. The van der Waals surface area contributed by atoms with E-state index in [4.69, 9.17) is 0 Å². The van der Waals surface area contributed by atoms with Gasteiger partial charge in [-0.15, -0.1) is 0 Å². The normalized spacial score (nSPS) is 15.6. The van der Waals surface area contributed by atoms with Crippen molar-refractivity contribution in [3.8, 4) is 0 Å². The number of carboxylic acid groups (broad SMARTS) is 3. The third-order valence-corrected chi connectivity index (χ3v) is 7.64. The topological polar surface area (TPSA) is 120 Å². The molecule has 0 N–H and O–H groups in total. The Bertz CT molecular complexity index is 548. The smallest absolute Gasteiger partial charge is 0.550 e. The van der Waals surface area contributed by atoms with Gasteiger partial charge in [0.1, 0.15) is 0 Å². The zero-order valence-electron chi connectivity index (χ0n) is 25.9. The van der Waals surface area contributed by atoms with Crippen molar-refractivity contribution in [1.82, 2.24) is 0 Å². The van der Waals surface area contributed by atoms with Crippen LogP contribution in [0, 0.1) is 34.0 Å². The van der Waals surface area contributed by atoms with Gasteiger partial charge >= 0.3 is 17.1 Å². The largest absolute Gasteiger partial charge is 3.00 e. The molecule has 0 aliphatic carbocycles. The molecule has 0 aromatic carbocycles. The SMILES string of the molecule is CCC(C)(CCC(C)C)C(=O)[O-].CCC(C)(CCC(C)C)C(=O)[O-].CCC(C)(CCC(C)C)C(=O)[O-].[Fe+3]. The zero-order chi connectivity index (χ0) is 29.3. The maximum atomic E-state index is 10.8. The van der Waals surface area contributed by atoms with Gasteiger partial charge in [0.2, 0.25) is 0 Å². The van der Waals surface area contributed by atoms with Crippen LogP contribution in [0.3, 0.4) is 0 Å². The molecule has 0 heterocycles. The van der Waals surface area contributed by atoms with Crippen LogP contribution in [-0.2, 0) is 31.5 Å². The minimum atomic E-state index is -0.911. The van der Waals surface area contributed by atoms with Crippen molar-refractivity contribution < 1.29 is 46.8 Å². The number of rotatable bonds is 15. The maximum Gasteiger partial charge on any atom is 3.00 e. The number of carboxylic acids is 3. The molecule has 0 aromatic rings. The van der Waals surface area contributed by atoms with Crippen molar-refractivity contribution >= 4 is 17.9 Å². The fraction of sp³-hybridized carbons (Fsp3) is 0.900. The Balaban J connectivity index is -0.000000218. The summed E-state index contributed by atoms with van der Waals surface area (Å²) in [6.07, 6.45) is 7.01. The molecule has 221 valence electrons. The Kier molecular flexibility index (Phi) is 24.2. The van der Waals surface area contributed by atoms with Crippen LogP contribution in [0.5, 0.6) is 0 Å². The van der Waals surface area contributed by atoms with Crippen molar-refractivity contribution in [2.75, 3.05) is 0 Å². The Labute approximate surface area is 239 Å². The summed E-state index contributed by atoms with van der Waals surface area (Å²) in [6.45, 7) is 23.6. The number of hydrogen-bond donors (Lipinski definition) is 0. The summed E-state index contributed by atoms with van der Waals surface area (Å²) in [5.74, 6) is -1.04. The van der Waals surface area contributed by atoms with Gasteiger partial charge in [-0.25, -0.2) is 0 Å². The molecule has 3 atom stereocenters. The second-order valence-electron chi connectivity index (χ2n) is 12.4. The summed E-state index contributed by atoms with van der Waals surface area (Å²) < 4.78 is 0. The summed E-state index contributed by atoms with van der Waals surface area (Å²) in [6, 6.07) is 0. The van der Waals surface area contributed by atoms with Gasteiger partial charge in [-0.05, 0) is 56.3 Å². The van der Waals surface area contributed by atoms with Crippen molar-refractivity contribution in [2.24, 2.45) is 34.0 Å².